The number of nitrogens with zero attached hydrogens (tertiary/aromatic N) is 2. The van der Waals surface area contributed by atoms with Gasteiger partial charge in [-0.3, -0.25) is 19.3 Å². The van der Waals surface area contributed by atoms with Crippen LogP contribution in [0.1, 0.15) is 19.4 Å². The molecule has 0 unspecified atom stereocenters. The smallest absolute Gasteiger partial charge is 0.326 e. The topological polar surface area (TPSA) is 68.6 Å². The van der Waals surface area contributed by atoms with Crippen molar-refractivity contribution in [3.05, 3.63) is 40.9 Å². The summed E-state index contributed by atoms with van der Waals surface area (Å²) >= 11 is 0.837. The first-order valence-corrected chi connectivity index (χ1v) is 8.67. The summed E-state index contributed by atoms with van der Waals surface area (Å²) in [4.78, 5) is 37.5. The van der Waals surface area contributed by atoms with Gasteiger partial charge >= 0.3 is 5.97 Å². The molecule has 1 fully saturated rings. The van der Waals surface area contributed by atoms with Crippen LogP contribution in [0.2, 0.25) is 0 Å². The first-order chi connectivity index (χ1) is 11.9. The van der Waals surface area contributed by atoms with Crippen LogP contribution in [0.3, 0.4) is 0 Å². The van der Waals surface area contributed by atoms with Crippen molar-refractivity contribution in [2.45, 2.75) is 20.0 Å². The maximum absolute atomic E-state index is 12.5. The van der Waals surface area contributed by atoms with Crippen molar-refractivity contribution < 1.29 is 19.1 Å². The third kappa shape index (κ3) is 3.46. The van der Waals surface area contributed by atoms with Gasteiger partial charge in [0.15, 0.2) is 0 Å². The first-order valence-electron chi connectivity index (χ1n) is 7.85. The molecule has 0 bridgehead atoms. The quantitative estimate of drug-likeness (QED) is 0.620. The average Bonchev–Trinajstić information content (AvgIpc) is 2.99. The molecule has 1 saturated heterocycles. The summed E-state index contributed by atoms with van der Waals surface area (Å²) in [6, 6.07) is 7.82. The van der Waals surface area contributed by atoms with Crippen LogP contribution >= 0.6 is 11.8 Å². The van der Waals surface area contributed by atoms with Crippen LogP contribution in [0.5, 0.6) is 0 Å². The van der Waals surface area contributed by atoms with E-state index in [1.54, 1.807) is 19.9 Å². The number of imide groups is 1. The standard InChI is InChI=1S/C18H18N2O4S/c1-11(2)24-16(21)10-20-17(22)15(25-18(20)23)8-12-9-19(3)14-7-5-4-6-13(12)14/h4-9,11H,10H2,1-3H3/b15-8-. The number of benzene rings is 1. The Hall–Kier alpha value is -2.54. The zero-order chi connectivity index (χ0) is 18.1. The molecule has 3 rings (SSSR count). The highest BCUT2D eigenvalue weighted by Crippen LogP contribution is 2.33. The van der Waals surface area contributed by atoms with Crippen molar-refractivity contribution in [1.82, 2.24) is 9.47 Å². The number of aromatic nitrogens is 1. The number of fused-ring (bicyclic) bond motifs is 1. The van der Waals surface area contributed by atoms with Crippen molar-refractivity contribution in [2.24, 2.45) is 7.05 Å². The van der Waals surface area contributed by atoms with Crippen LogP contribution in [0.15, 0.2) is 35.4 Å². The molecule has 6 nitrogen and oxygen atoms in total. The second-order valence-corrected chi connectivity index (χ2v) is 7.01. The summed E-state index contributed by atoms with van der Waals surface area (Å²) in [6.45, 7) is 3.06. The molecule has 130 valence electrons. The highest BCUT2D eigenvalue weighted by atomic mass is 32.2. The molecule has 0 radical (unpaired) electrons. The molecular formula is C18H18N2O4S. The first kappa shape index (κ1) is 17.3. The molecule has 1 aliphatic heterocycles. The van der Waals surface area contributed by atoms with E-state index < -0.39 is 17.1 Å². The van der Waals surface area contributed by atoms with E-state index >= 15 is 0 Å². The fourth-order valence-electron chi connectivity index (χ4n) is 2.69. The molecule has 1 aromatic carbocycles. The SMILES string of the molecule is CC(C)OC(=O)CN1C(=O)S/C(=C\c2cn(C)c3ccccc23)C1=O. The number of hydrogen-bond donors (Lipinski definition) is 0. The van der Waals surface area contributed by atoms with Crippen molar-refractivity contribution in [3.8, 4) is 0 Å². The van der Waals surface area contributed by atoms with E-state index in [1.165, 1.54) is 0 Å². The fraction of sp³-hybridized carbons (Fsp3) is 0.278. The van der Waals surface area contributed by atoms with E-state index in [1.807, 2.05) is 42.1 Å². The van der Waals surface area contributed by atoms with Gasteiger partial charge in [-0.15, -0.1) is 0 Å². The van der Waals surface area contributed by atoms with Gasteiger partial charge in [0, 0.05) is 29.7 Å². The van der Waals surface area contributed by atoms with E-state index in [0.717, 1.165) is 33.1 Å². The molecule has 0 aliphatic carbocycles. The van der Waals surface area contributed by atoms with E-state index in [9.17, 15) is 14.4 Å². The minimum Gasteiger partial charge on any atom is -0.462 e. The maximum Gasteiger partial charge on any atom is 0.326 e. The Morgan fingerprint density at radius 3 is 2.72 bits per heavy atom. The molecule has 2 amide bonds. The van der Waals surface area contributed by atoms with Crippen LogP contribution in [0.4, 0.5) is 4.79 Å². The molecule has 2 heterocycles. The van der Waals surface area contributed by atoms with Gasteiger partial charge in [0.25, 0.3) is 11.1 Å². The Morgan fingerprint density at radius 2 is 2.00 bits per heavy atom. The molecule has 0 spiro atoms. The lowest BCUT2D eigenvalue weighted by molar-refractivity contribution is -0.149. The third-order valence-electron chi connectivity index (χ3n) is 3.74. The Labute approximate surface area is 149 Å². The summed E-state index contributed by atoms with van der Waals surface area (Å²) in [6.07, 6.45) is 3.31. The van der Waals surface area contributed by atoms with Gasteiger partial charge in [0.2, 0.25) is 0 Å². The number of hydrogen-bond acceptors (Lipinski definition) is 5. The highest BCUT2D eigenvalue weighted by Gasteiger charge is 2.36. The summed E-state index contributed by atoms with van der Waals surface area (Å²) in [5.41, 5.74) is 1.89. The molecule has 0 atom stereocenters. The fourth-order valence-corrected chi connectivity index (χ4v) is 3.52. The van der Waals surface area contributed by atoms with Crippen LogP contribution in [-0.2, 0) is 21.4 Å². The molecule has 0 saturated carbocycles. The molecule has 1 aliphatic rings. The number of carbonyl (C=O) groups is 3. The maximum atomic E-state index is 12.5. The van der Waals surface area contributed by atoms with Crippen molar-refractivity contribution in [3.63, 3.8) is 0 Å². The molecule has 25 heavy (non-hydrogen) atoms. The van der Waals surface area contributed by atoms with Crippen LogP contribution in [0.25, 0.3) is 17.0 Å². The van der Waals surface area contributed by atoms with Crippen molar-refractivity contribution in [2.75, 3.05) is 6.54 Å². The largest absolute Gasteiger partial charge is 0.462 e. The van der Waals surface area contributed by atoms with E-state index in [0.29, 0.717) is 4.91 Å². The summed E-state index contributed by atoms with van der Waals surface area (Å²) in [5.74, 6) is -1.06. The second-order valence-electron chi connectivity index (χ2n) is 6.02. The number of aryl methyl sites for hydroxylation is 1. The molecule has 1 aromatic heterocycles. The molecular weight excluding hydrogens is 340 g/mol. The van der Waals surface area contributed by atoms with Crippen LogP contribution < -0.4 is 0 Å². The van der Waals surface area contributed by atoms with Crippen LogP contribution in [-0.4, -0.2) is 39.2 Å². The predicted molar refractivity (Wildman–Crippen MR) is 96.8 cm³/mol. The van der Waals surface area contributed by atoms with E-state index in [2.05, 4.69) is 0 Å². The normalized spacial score (nSPS) is 16.5. The number of ether oxygens (including phenoxy) is 1. The number of thioether (sulfide) groups is 1. The lowest BCUT2D eigenvalue weighted by Crippen LogP contribution is -2.35. The minimum absolute atomic E-state index is 0.293. The van der Waals surface area contributed by atoms with E-state index in [4.69, 9.17) is 4.74 Å². The monoisotopic (exact) mass is 358 g/mol. The predicted octanol–water partition coefficient (Wildman–Crippen LogP) is 3.17. The lowest BCUT2D eigenvalue weighted by Gasteiger charge is -2.13. The molecule has 0 N–H and O–H groups in total. The number of amides is 2. The number of rotatable bonds is 4. The van der Waals surface area contributed by atoms with Crippen molar-refractivity contribution >= 4 is 45.9 Å². The van der Waals surface area contributed by atoms with Gasteiger partial charge in [0.1, 0.15) is 6.54 Å². The molecule has 2 aromatic rings. The van der Waals surface area contributed by atoms with E-state index in [-0.39, 0.29) is 12.6 Å². The zero-order valence-corrected chi connectivity index (χ0v) is 15.0. The Morgan fingerprint density at radius 1 is 1.28 bits per heavy atom. The van der Waals surface area contributed by atoms with Gasteiger partial charge in [0.05, 0.1) is 11.0 Å². The summed E-state index contributed by atoms with van der Waals surface area (Å²) in [5, 5.41) is 0.535. The summed E-state index contributed by atoms with van der Waals surface area (Å²) < 4.78 is 6.97. The van der Waals surface area contributed by atoms with Crippen LogP contribution in [0, 0.1) is 0 Å². The van der Waals surface area contributed by atoms with Gasteiger partial charge in [-0.25, -0.2) is 0 Å². The highest BCUT2D eigenvalue weighted by molar-refractivity contribution is 8.18. The van der Waals surface area contributed by atoms with Gasteiger partial charge in [-0.05, 0) is 37.8 Å². The third-order valence-corrected chi connectivity index (χ3v) is 4.65. The Kier molecular flexibility index (Phi) is 4.67. The Balaban J connectivity index is 1.86. The molecule has 7 heteroatoms. The minimum atomic E-state index is -0.594. The number of para-hydroxylation sites is 1. The van der Waals surface area contributed by atoms with Gasteiger partial charge < -0.3 is 9.30 Å². The average molecular weight is 358 g/mol. The summed E-state index contributed by atoms with van der Waals surface area (Å²) in [7, 11) is 1.92. The number of carbonyl (C=O) groups excluding carboxylic acids is 3. The second kappa shape index (κ2) is 6.76. The number of esters is 1. The van der Waals surface area contributed by atoms with Crippen molar-refractivity contribution in [1.29, 1.82) is 0 Å². The zero-order valence-electron chi connectivity index (χ0n) is 14.2. The lowest BCUT2D eigenvalue weighted by atomic mass is 10.1. The Bertz CT molecular complexity index is 898. The van der Waals surface area contributed by atoms with Gasteiger partial charge in [-0.2, -0.15) is 0 Å². The van der Waals surface area contributed by atoms with Gasteiger partial charge in [-0.1, -0.05) is 18.2 Å².